The number of hydrogen-bond donors (Lipinski definition) is 1. The van der Waals surface area contributed by atoms with Crippen molar-refractivity contribution in [2.45, 2.75) is 12.5 Å². The Bertz CT molecular complexity index is 929. The van der Waals surface area contributed by atoms with Gasteiger partial charge in [-0.25, -0.2) is 4.79 Å². The minimum Gasteiger partial charge on any atom is -0.497 e. The van der Waals surface area contributed by atoms with E-state index in [1.165, 1.54) is 4.90 Å². The lowest BCUT2D eigenvalue weighted by molar-refractivity contribution is -0.131. The Labute approximate surface area is 168 Å². The molecule has 4 rings (SSSR count). The molecule has 2 aliphatic heterocycles. The van der Waals surface area contributed by atoms with Gasteiger partial charge in [0, 0.05) is 0 Å². The maximum Gasteiger partial charge on any atom is 0.325 e. The molecule has 0 saturated carbocycles. The lowest BCUT2D eigenvalue weighted by Crippen LogP contribution is -2.41. The van der Waals surface area contributed by atoms with E-state index in [4.69, 9.17) is 18.9 Å². The Morgan fingerprint density at radius 2 is 1.72 bits per heavy atom. The third-order valence-electron chi connectivity index (χ3n) is 5.04. The highest BCUT2D eigenvalue weighted by Crippen LogP contribution is 2.36. The molecule has 3 amide bonds. The lowest BCUT2D eigenvalue weighted by Gasteiger charge is -2.25. The summed E-state index contributed by atoms with van der Waals surface area (Å²) in [6, 6.07) is 11.9. The van der Waals surface area contributed by atoms with Crippen LogP contribution >= 0.6 is 0 Å². The van der Waals surface area contributed by atoms with Crippen LogP contribution in [0, 0.1) is 0 Å². The third-order valence-corrected chi connectivity index (χ3v) is 5.04. The predicted molar refractivity (Wildman–Crippen MR) is 104 cm³/mol. The molecule has 1 fully saturated rings. The van der Waals surface area contributed by atoms with Crippen LogP contribution in [-0.4, -0.2) is 50.3 Å². The summed E-state index contributed by atoms with van der Waals surface area (Å²) >= 11 is 0. The largest absolute Gasteiger partial charge is 0.497 e. The molecule has 2 aromatic rings. The fraction of sp³-hybridized carbons (Fsp3) is 0.333. The normalized spacial score (nSPS) is 20.4. The molecule has 1 N–H and O–H groups in total. The van der Waals surface area contributed by atoms with Crippen LogP contribution in [0.25, 0.3) is 0 Å². The van der Waals surface area contributed by atoms with E-state index in [9.17, 15) is 9.59 Å². The molecule has 0 aliphatic carbocycles. The lowest BCUT2D eigenvalue weighted by atomic mass is 9.91. The fourth-order valence-electron chi connectivity index (χ4n) is 3.38. The number of urea groups is 1. The minimum absolute atomic E-state index is 0.136. The molecule has 2 heterocycles. The summed E-state index contributed by atoms with van der Waals surface area (Å²) in [7, 11) is 1.59. The van der Waals surface area contributed by atoms with Crippen molar-refractivity contribution in [3.63, 3.8) is 0 Å². The van der Waals surface area contributed by atoms with Crippen molar-refractivity contribution in [1.29, 1.82) is 0 Å². The highest BCUT2D eigenvalue weighted by atomic mass is 16.6. The van der Waals surface area contributed by atoms with Crippen LogP contribution in [0.1, 0.15) is 12.5 Å². The molecule has 1 atom stereocenters. The molecule has 0 spiro atoms. The van der Waals surface area contributed by atoms with E-state index < -0.39 is 11.6 Å². The molecule has 2 aliphatic rings. The van der Waals surface area contributed by atoms with Crippen LogP contribution in [-0.2, 0) is 10.3 Å². The van der Waals surface area contributed by atoms with E-state index in [0.29, 0.717) is 36.0 Å². The molecule has 2 aromatic carbocycles. The maximum atomic E-state index is 13.0. The van der Waals surface area contributed by atoms with Crippen LogP contribution in [0.4, 0.5) is 4.79 Å². The molecule has 0 radical (unpaired) electrons. The van der Waals surface area contributed by atoms with E-state index in [-0.39, 0.29) is 19.1 Å². The van der Waals surface area contributed by atoms with Gasteiger partial charge < -0.3 is 24.3 Å². The first-order chi connectivity index (χ1) is 14.0. The first kappa shape index (κ1) is 18.9. The van der Waals surface area contributed by atoms with E-state index >= 15 is 0 Å². The number of methoxy groups -OCH3 is 1. The molecule has 8 nitrogen and oxygen atoms in total. The number of ether oxygens (including phenoxy) is 4. The molecule has 0 bridgehead atoms. The van der Waals surface area contributed by atoms with E-state index in [2.05, 4.69) is 5.32 Å². The molecule has 0 unspecified atom stereocenters. The Balaban J connectivity index is 1.43. The Kier molecular flexibility index (Phi) is 4.92. The second-order valence-electron chi connectivity index (χ2n) is 6.89. The van der Waals surface area contributed by atoms with E-state index in [1.807, 2.05) is 0 Å². The van der Waals surface area contributed by atoms with Gasteiger partial charge in [-0.3, -0.25) is 9.69 Å². The number of amides is 3. The topological polar surface area (TPSA) is 86.3 Å². The Morgan fingerprint density at radius 3 is 2.45 bits per heavy atom. The molecule has 8 heteroatoms. The summed E-state index contributed by atoms with van der Waals surface area (Å²) in [5.74, 6) is 2.22. The van der Waals surface area contributed by atoms with Gasteiger partial charge in [0.05, 0.1) is 13.7 Å². The summed E-state index contributed by atoms with van der Waals surface area (Å²) in [5.41, 5.74) is -0.536. The number of carbonyl (C=O) groups is 2. The second kappa shape index (κ2) is 7.54. The molecule has 29 heavy (non-hydrogen) atoms. The van der Waals surface area contributed by atoms with Gasteiger partial charge in [0.15, 0.2) is 11.5 Å². The van der Waals surface area contributed by atoms with Crippen LogP contribution in [0.3, 0.4) is 0 Å². The van der Waals surface area contributed by atoms with Crippen molar-refractivity contribution in [2.24, 2.45) is 0 Å². The zero-order valence-corrected chi connectivity index (χ0v) is 16.3. The van der Waals surface area contributed by atoms with Gasteiger partial charge in [0.25, 0.3) is 5.91 Å². The third kappa shape index (κ3) is 3.53. The van der Waals surface area contributed by atoms with Crippen LogP contribution in [0.15, 0.2) is 42.5 Å². The van der Waals surface area contributed by atoms with Gasteiger partial charge in [0.1, 0.15) is 36.9 Å². The summed E-state index contributed by atoms with van der Waals surface area (Å²) in [6.07, 6.45) is 0. The zero-order chi connectivity index (χ0) is 20.4. The summed E-state index contributed by atoms with van der Waals surface area (Å²) < 4.78 is 21.9. The SMILES string of the molecule is COc1ccc(OCCN2C(=O)N[C@](C)(c3ccc4c(c3)OCCO4)C2=O)cc1. The average Bonchev–Trinajstić information content (AvgIpc) is 2.97. The monoisotopic (exact) mass is 398 g/mol. The van der Waals surface area contributed by atoms with E-state index in [0.717, 1.165) is 5.75 Å². The zero-order valence-electron chi connectivity index (χ0n) is 16.3. The van der Waals surface area contributed by atoms with Gasteiger partial charge in [-0.2, -0.15) is 0 Å². The van der Waals surface area contributed by atoms with Gasteiger partial charge in [-0.05, 0) is 48.9 Å². The summed E-state index contributed by atoms with van der Waals surface area (Å²) in [4.78, 5) is 26.7. The number of carbonyl (C=O) groups excluding carboxylic acids is 2. The van der Waals surface area contributed by atoms with Crippen molar-refractivity contribution in [2.75, 3.05) is 33.5 Å². The van der Waals surface area contributed by atoms with Crippen molar-refractivity contribution < 1.29 is 28.5 Å². The highest BCUT2D eigenvalue weighted by molar-refractivity contribution is 6.07. The molecule has 0 aromatic heterocycles. The minimum atomic E-state index is -1.17. The first-order valence-electron chi connectivity index (χ1n) is 9.32. The Hall–Kier alpha value is -3.42. The maximum absolute atomic E-state index is 13.0. The summed E-state index contributed by atoms with van der Waals surface area (Å²) in [6.45, 7) is 2.94. The van der Waals surface area contributed by atoms with Gasteiger partial charge in [0.2, 0.25) is 0 Å². The van der Waals surface area contributed by atoms with Crippen LogP contribution in [0.2, 0.25) is 0 Å². The van der Waals surface area contributed by atoms with Crippen molar-refractivity contribution in [3.05, 3.63) is 48.0 Å². The van der Waals surface area contributed by atoms with Crippen molar-refractivity contribution >= 4 is 11.9 Å². The molecular weight excluding hydrogens is 376 g/mol. The van der Waals surface area contributed by atoms with Crippen molar-refractivity contribution in [1.82, 2.24) is 10.2 Å². The quantitative estimate of drug-likeness (QED) is 0.752. The Morgan fingerprint density at radius 1 is 1.03 bits per heavy atom. The number of nitrogens with one attached hydrogen (secondary N) is 1. The summed E-state index contributed by atoms with van der Waals surface area (Å²) in [5, 5.41) is 2.79. The second-order valence-corrected chi connectivity index (χ2v) is 6.89. The van der Waals surface area contributed by atoms with Crippen molar-refractivity contribution in [3.8, 4) is 23.0 Å². The van der Waals surface area contributed by atoms with Gasteiger partial charge >= 0.3 is 6.03 Å². The number of hydrogen-bond acceptors (Lipinski definition) is 6. The number of imide groups is 1. The predicted octanol–water partition coefficient (Wildman–Crippen LogP) is 2.31. The molecule has 152 valence electrons. The standard InChI is InChI=1S/C21H22N2O6/c1-21(14-3-8-17-18(13-14)29-12-11-28-17)19(24)23(20(25)22-21)9-10-27-16-6-4-15(26-2)5-7-16/h3-8,13H,9-12H2,1-2H3,(H,22,25)/t21-/m1/s1. The highest BCUT2D eigenvalue weighted by Gasteiger charge is 2.49. The average molecular weight is 398 g/mol. The van der Waals surface area contributed by atoms with Gasteiger partial charge in [-0.1, -0.05) is 6.07 Å². The van der Waals surface area contributed by atoms with Gasteiger partial charge in [-0.15, -0.1) is 0 Å². The molecular formula is C21H22N2O6. The number of rotatable bonds is 6. The van der Waals surface area contributed by atoms with E-state index in [1.54, 1.807) is 56.5 Å². The number of benzene rings is 2. The van der Waals surface area contributed by atoms with Crippen LogP contribution in [0.5, 0.6) is 23.0 Å². The molecule has 1 saturated heterocycles. The number of nitrogens with zero attached hydrogens (tertiary/aromatic N) is 1. The smallest absolute Gasteiger partial charge is 0.325 e. The first-order valence-corrected chi connectivity index (χ1v) is 9.32. The number of fused-ring (bicyclic) bond motifs is 1. The van der Waals surface area contributed by atoms with Crippen LogP contribution < -0.4 is 24.3 Å². The fourth-order valence-corrected chi connectivity index (χ4v) is 3.38.